The Kier molecular flexibility index (Phi) is 4.66. The molecule has 2 heteroatoms. The highest BCUT2D eigenvalue weighted by Crippen LogP contribution is 2.38. The van der Waals surface area contributed by atoms with Crippen molar-refractivity contribution in [3.8, 4) is 0 Å². The lowest BCUT2D eigenvalue weighted by molar-refractivity contribution is 0.00141. The van der Waals surface area contributed by atoms with Crippen molar-refractivity contribution in [2.45, 2.75) is 57.5 Å². The monoisotopic (exact) mass is 286 g/mol. The minimum absolute atomic E-state index is 0.438. The lowest BCUT2D eigenvalue weighted by Crippen LogP contribution is -2.63. The van der Waals surface area contributed by atoms with E-state index in [-0.39, 0.29) is 0 Å². The molecule has 116 valence electrons. The van der Waals surface area contributed by atoms with Crippen LogP contribution in [-0.4, -0.2) is 30.1 Å². The van der Waals surface area contributed by atoms with Crippen molar-refractivity contribution >= 4 is 0 Å². The van der Waals surface area contributed by atoms with Crippen molar-refractivity contribution in [3.63, 3.8) is 0 Å². The summed E-state index contributed by atoms with van der Waals surface area (Å²) in [7, 11) is 0. The molecule has 21 heavy (non-hydrogen) atoms. The molecule has 2 aliphatic rings. The number of benzene rings is 1. The maximum Gasteiger partial charge on any atom is 0.0450 e. The van der Waals surface area contributed by atoms with E-state index in [2.05, 4.69) is 54.4 Å². The van der Waals surface area contributed by atoms with Crippen LogP contribution >= 0.6 is 0 Å². The van der Waals surface area contributed by atoms with Crippen molar-refractivity contribution < 1.29 is 0 Å². The first-order valence-corrected chi connectivity index (χ1v) is 8.73. The minimum atomic E-state index is 0.438. The lowest BCUT2D eigenvalue weighted by Gasteiger charge is -2.53. The number of hydrogen-bond acceptors (Lipinski definition) is 2. The van der Waals surface area contributed by atoms with E-state index in [9.17, 15) is 0 Å². The van der Waals surface area contributed by atoms with Gasteiger partial charge in [-0.15, -0.1) is 0 Å². The predicted octanol–water partition coefficient (Wildman–Crippen LogP) is 3.99. The van der Waals surface area contributed by atoms with Crippen LogP contribution in [0.25, 0.3) is 0 Å². The maximum atomic E-state index is 3.86. The van der Waals surface area contributed by atoms with Gasteiger partial charge in [0.15, 0.2) is 0 Å². The van der Waals surface area contributed by atoms with E-state index in [0.29, 0.717) is 11.6 Å². The molecule has 1 N–H and O–H groups in total. The van der Waals surface area contributed by atoms with Gasteiger partial charge in [-0.1, -0.05) is 63.4 Å². The second kappa shape index (κ2) is 6.50. The molecule has 2 nitrogen and oxygen atoms in total. The van der Waals surface area contributed by atoms with Crippen LogP contribution in [-0.2, 0) is 0 Å². The van der Waals surface area contributed by atoms with Crippen molar-refractivity contribution in [1.82, 2.24) is 10.2 Å². The van der Waals surface area contributed by atoms with Gasteiger partial charge in [0.25, 0.3) is 0 Å². The molecule has 1 aliphatic heterocycles. The van der Waals surface area contributed by atoms with Gasteiger partial charge in [0.1, 0.15) is 0 Å². The van der Waals surface area contributed by atoms with Crippen molar-refractivity contribution in [2.24, 2.45) is 5.92 Å². The molecule has 0 amide bonds. The highest BCUT2D eigenvalue weighted by molar-refractivity contribution is 5.21. The fraction of sp³-hybridized carbons (Fsp3) is 0.684. The summed E-state index contributed by atoms with van der Waals surface area (Å²) in [6.45, 7) is 8.29. The second-order valence-corrected chi connectivity index (χ2v) is 7.43. The van der Waals surface area contributed by atoms with E-state index >= 15 is 0 Å². The molecule has 0 bridgehead atoms. The number of hydrogen-bond donors (Lipinski definition) is 1. The van der Waals surface area contributed by atoms with E-state index in [1.54, 1.807) is 0 Å². The number of piperazine rings is 1. The zero-order valence-corrected chi connectivity index (χ0v) is 13.6. The molecule has 2 fully saturated rings. The molecule has 1 aromatic carbocycles. The summed E-state index contributed by atoms with van der Waals surface area (Å²) in [6.07, 6.45) is 7.01. The van der Waals surface area contributed by atoms with E-state index in [1.165, 1.54) is 57.3 Å². The predicted molar refractivity (Wildman–Crippen MR) is 89.4 cm³/mol. The van der Waals surface area contributed by atoms with Crippen molar-refractivity contribution in [3.05, 3.63) is 35.9 Å². The third-order valence-corrected chi connectivity index (χ3v) is 5.32. The average molecular weight is 286 g/mol. The van der Waals surface area contributed by atoms with Crippen LogP contribution < -0.4 is 5.32 Å². The summed E-state index contributed by atoms with van der Waals surface area (Å²) in [6, 6.07) is 11.5. The summed E-state index contributed by atoms with van der Waals surface area (Å²) in [5.41, 5.74) is 1.88. The molecule has 1 atom stereocenters. The Morgan fingerprint density at radius 2 is 1.86 bits per heavy atom. The van der Waals surface area contributed by atoms with Gasteiger partial charge < -0.3 is 5.32 Å². The van der Waals surface area contributed by atoms with Crippen LogP contribution in [0.1, 0.15) is 57.6 Å². The molecule has 1 saturated heterocycles. The smallest absolute Gasteiger partial charge is 0.0450 e. The Labute approximate surface area is 129 Å². The van der Waals surface area contributed by atoms with Gasteiger partial charge in [0.05, 0.1) is 0 Å². The average Bonchev–Trinajstić information content (AvgIpc) is 2.51. The summed E-state index contributed by atoms with van der Waals surface area (Å²) in [5, 5.41) is 3.86. The molecule has 1 unspecified atom stereocenters. The summed E-state index contributed by atoms with van der Waals surface area (Å²) < 4.78 is 0. The molecule has 0 radical (unpaired) electrons. The van der Waals surface area contributed by atoms with E-state index in [4.69, 9.17) is 0 Å². The first-order chi connectivity index (χ1) is 10.2. The molecule has 1 saturated carbocycles. The minimum Gasteiger partial charge on any atom is -0.307 e. The number of nitrogens with zero attached hydrogens (tertiary/aromatic N) is 1. The summed E-state index contributed by atoms with van der Waals surface area (Å²) in [4.78, 5) is 2.82. The van der Waals surface area contributed by atoms with Crippen LogP contribution in [0.3, 0.4) is 0 Å². The highest BCUT2D eigenvalue weighted by atomic mass is 15.3. The second-order valence-electron chi connectivity index (χ2n) is 7.43. The third-order valence-electron chi connectivity index (χ3n) is 5.32. The van der Waals surface area contributed by atoms with Crippen LogP contribution in [0.2, 0.25) is 0 Å². The molecule has 1 spiro atoms. The van der Waals surface area contributed by atoms with E-state index in [1.807, 2.05) is 0 Å². The largest absolute Gasteiger partial charge is 0.307 e. The van der Waals surface area contributed by atoms with Crippen LogP contribution in [0, 0.1) is 5.92 Å². The Hall–Kier alpha value is -0.860. The van der Waals surface area contributed by atoms with Gasteiger partial charge in [-0.05, 0) is 24.3 Å². The molecule has 1 aliphatic carbocycles. The third kappa shape index (κ3) is 3.32. The Bertz CT molecular complexity index is 434. The van der Waals surface area contributed by atoms with Crippen LogP contribution in [0.4, 0.5) is 0 Å². The molecule has 3 rings (SSSR count). The highest BCUT2D eigenvalue weighted by Gasteiger charge is 2.42. The molecular weight excluding hydrogens is 256 g/mol. The number of nitrogens with one attached hydrogen (secondary N) is 1. The maximum absolute atomic E-state index is 3.86. The van der Waals surface area contributed by atoms with E-state index in [0.717, 1.165) is 5.92 Å². The quantitative estimate of drug-likeness (QED) is 0.904. The lowest BCUT2D eigenvalue weighted by atomic mass is 9.77. The Morgan fingerprint density at radius 3 is 2.52 bits per heavy atom. The molecular formula is C19H30N2. The van der Waals surface area contributed by atoms with Crippen molar-refractivity contribution in [2.75, 3.05) is 19.6 Å². The van der Waals surface area contributed by atoms with Crippen LogP contribution in [0.5, 0.6) is 0 Å². The summed E-state index contributed by atoms with van der Waals surface area (Å²) in [5.74, 6) is 0.748. The van der Waals surface area contributed by atoms with Gasteiger partial charge in [0, 0.05) is 31.2 Å². The fourth-order valence-electron chi connectivity index (χ4n) is 4.22. The Balaban J connectivity index is 1.77. The summed E-state index contributed by atoms with van der Waals surface area (Å²) >= 11 is 0. The van der Waals surface area contributed by atoms with Gasteiger partial charge in [-0.25, -0.2) is 0 Å². The van der Waals surface area contributed by atoms with Crippen LogP contribution in [0.15, 0.2) is 30.3 Å². The molecule has 0 aromatic heterocycles. The fourth-order valence-corrected chi connectivity index (χ4v) is 4.22. The topological polar surface area (TPSA) is 15.3 Å². The van der Waals surface area contributed by atoms with Gasteiger partial charge >= 0.3 is 0 Å². The van der Waals surface area contributed by atoms with Gasteiger partial charge in [0.2, 0.25) is 0 Å². The zero-order valence-electron chi connectivity index (χ0n) is 13.6. The van der Waals surface area contributed by atoms with Gasteiger partial charge in [-0.3, -0.25) is 4.90 Å². The number of rotatable bonds is 3. The molecule has 1 aromatic rings. The normalized spacial score (nSPS) is 26.3. The molecule has 1 heterocycles. The Morgan fingerprint density at radius 1 is 1.14 bits per heavy atom. The first kappa shape index (κ1) is 15.1. The zero-order chi connectivity index (χ0) is 14.7. The van der Waals surface area contributed by atoms with E-state index < -0.39 is 0 Å². The standard InChI is InChI=1S/C19H30N2/c1-16(2)13-21-14-18(17-9-5-3-6-10-17)20-15-19(21)11-7-4-8-12-19/h3,5-6,9-10,16,18,20H,4,7-8,11-15H2,1-2H3. The van der Waals surface area contributed by atoms with Crippen molar-refractivity contribution in [1.29, 1.82) is 0 Å². The van der Waals surface area contributed by atoms with Gasteiger partial charge in [-0.2, -0.15) is 0 Å². The first-order valence-electron chi connectivity index (χ1n) is 8.73. The SMILES string of the molecule is CC(C)CN1CC(c2ccccc2)NCC12CCCCC2.